The van der Waals surface area contributed by atoms with E-state index in [0.29, 0.717) is 18.2 Å². The molecule has 3 nitrogen and oxygen atoms in total. The third kappa shape index (κ3) is 5.64. The summed E-state index contributed by atoms with van der Waals surface area (Å²) in [5, 5.41) is 0. The normalized spacial score (nSPS) is 15.8. The summed E-state index contributed by atoms with van der Waals surface area (Å²) >= 11 is 0. The fourth-order valence-electron chi connectivity index (χ4n) is 2.16. The Kier molecular flexibility index (Phi) is 6.75. The van der Waals surface area contributed by atoms with Crippen LogP contribution in [-0.2, 0) is 4.79 Å². The van der Waals surface area contributed by atoms with E-state index in [9.17, 15) is 4.79 Å². The summed E-state index contributed by atoms with van der Waals surface area (Å²) in [7, 11) is 0. The second-order valence-corrected chi connectivity index (χ2v) is 4.99. The first-order valence-electron chi connectivity index (χ1n) is 7.18. The smallest absolute Gasteiger partial charge is 0.149 e. The first kappa shape index (κ1) is 14.7. The second kappa shape index (κ2) is 7.83. The van der Waals surface area contributed by atoms with Crippen LogP contribution in [0.25, 0.3) is 0 Å². The van der Waals surface area contributed by atoms with Crippen LogP contribution in [0.3, 0.4) is 0 Å². The van der Waals surface area contributed by atoms with Crippen molar-refractivity contribution in [3.05, 3.63) is 0 Å². The van der Waals surface area contributed by atoms with E-state index < -0.39 is 0 Å². The van der Waals surface area contributed by atoms with Gasteiger partial charge in [0.15, 0.2) is 0 Å². The molecule has 0 unspecified atom stereocenters. The molecule has 17 heavy (non-hydrogen) atoms. The Balaban J connectivity index is 2.15. The molecule has 1 aliphatic carbocycles. The van der Waals surface area contributed by atoms with Gasteiger partial charge in [0.25, 0.3) is 0 Å². The SMILES string of the molecule is CCN(CC)CCCN(CC)CC(=O)C1CC1. The molecule has 0 aromatic rings. The van der Waals surface area contributed by atoms with Gasteiger partial charge >= 0.3 is 0 Å². The van der Waals surface area contributed by atoms with Crippen LogP contribution in [0, 0.1) is 5.92 Å². The van der Waals surface area contributed by atoms with Crippen molar-refractivity contribution in [3.63, 3.8) is 0 Å². The highest BCUT2D eigenvalue weighted by Gasteiger charge is 2.29. The molecule has 0 heterocycles. The van der Waals surface area contributed by atoms with Crippen molar-refractivity contribution in [3.8, 4) is 0 Å². The highest BCUT2D eigenvalue weighted by Crippen LogP contribution is 2.29. The first-order chi connectivity index (χ1) is 8.21. The van der Waals surface area contributed by atoms with Gasteiger partial charge in [0.05, 0.1) is 6.54 Å². The first-order valence-corrected chi connectivity index (χ1v) is 7.18. The van der Waals surface area contributed by atoms with Gasteiger partial charge in [-0.3, -0.25) is 9.69 Å². The topological polar surface area (TPSA) is 23.6 Å². The molecule has 0 aliphatic heterocycles. The molecule has 0 saturated heterocycles. The Hall–Kier alpha value is -0.410. The van der Waals surface area contributed by atoms with Crippen molar-refractivity contribution in [2.75, 3.05) is 39.3 Å². The van der Waals surface area contributed by atoms with Crippen LogP contribution >= 0.6 is 0 Å². The Bertz CT molecular complexity index is 222. The number of likely N-dealkylation sites (N-methyl/N-ethyl adjacent to an activating group) is 1. The van der Waals surface area contributed by atoms with Gasteiger partial charge < -0.3 is 4.90 Å². The van der Waals surface area contributed by atoms with E-state index in [2.05, 4.69) is 30.6 Å². The lowest BCUT2D eigenvalue weighted by atomic mass is 10.2. The molecule has 1 saturated carbocycles. The van der Waals surface area contributed by atoms with Gasteiger partial charge in [-0.15, -0.1) is 0 Å². The van der Waals surface area contributed by atoms with Gasteiger partial charge in [0.2, 0.25) is 0 Å². The maximum absolute atomic E-state index is 11.7. The summed E-state index contributed by atoms with van der Waals surface area (Å²) in [6.07, 6.45) is 3.44. The molecule has 100 valence electrons. The number of hydrogen-bond acceptors (Lipinski definition) is 3. The molecule has 1 aliphatic rings. The van der Waals surface area contributed by atoms with E-state index in [1.165, 1.54) is 6.42 Å². The van der Waals surface area contributed by atoms with Gasteiger partial charge in [-0.05, 0) is 52.0 Å². The molecule has 0 bridgehead atoms. The van der Waals surface area contributed by atoms with Crippen molar-refractivity contribution < 1.29 is 4.79 Å². The number of ketones is 1. The number of hydrogen-bond donors (Lipinski definition) is 0. The maximum Gasteiger partial charge on any atom is 0.149 e. The Morgan fingerprint density at radius 1 is 1.00 bits per heavy atom. The average Bonchev–Trinajstić information content (AvgIpc) is 3.17. The Morgan fingerprint density at radius 3 is 2.00 bits per heavy atom. The third-order valence-corrected chi connectivity index (χ3v) is 3.70. The summed E-state index contributed by atoms with van der Waals surface area (Å²) in [6.45, 7) is 12.7. The Morgan fingerprint density at radius 2 is 1.53 bits per heavy atom. The van der Waals surface area contributed by atoms with Crippen LogP contribution in [0.15, 0.2) is 0 Å². The molecular weight excluding hydrogens is 212 g/mol. The third-order valence-electron chi connectivity index (χ3n) is 3.70. The number of rotatable bonds is 10. The minimum atomic E-state index is 0.409. The van der Waals surface area contributed by atoms with Gasteiger partial charge in [-0.25, -0.2) is 0 Å². The predicted molar refractivity (Wildman–Crippen MR) is 72.3 cm³/mol. The lowest BCUT2D eigenvalue weighted by Crippen LogP contribution is -2.33. The molecule has 0 radical (unpaired) electrons. The monoisotopic (exact) mass is 240 g/mol. The zero-order valence-corrected chi connectivity index (χ0v) is 11.7. The minimum Gasteiger partial charge on any atom is -0.304 e. The molecule has 0 amide bonds. The number of nitrogens with zero attached hydrogens (tertiary/aromatic N) is 2. The van der Waals surface area contributed by atoms with Crippen molar-refractivity contribution in [2.24, 2.45) is 5.92 Å². The number of carbonyl (C=O) groups excluding carboxylic acids is 1. The molecular formula is C14H28N2O. The highest BCUT2D eigenvalue weighted by atomic mass is 16.1. The quantitative estimate of drug-likeness (QED) is 0.584. The largest absolute Gasteiger partial charge is 0.304 e. The van der Waals surface area contributed by atoms with E-state index in [0.717, 1.165) is 45.6 Å². The molecule has 0 aromatic carbocycles. The molecule has 1 fully saturated rings. The van der Waals surface area contributed by atoms with Crippen molar-refractivity contribution in [1.82, 2.24) is 9.80 Å². The van der Waals surface area contributed by atoms with Crippen molar-refractivity contribution in [2.45, 2.75) is 40.0 Å². The van der Waals surface area contributed by atoms with E-state index in [1.54, 1.807) is 0 Å². The molecule has 0 atom stereocenters. The fraction of sp³-hybridized carbons (Fsp3) is 0.929. The summed E-state index contributed by atoms with van der Waals surface area (Å²) < 4.78 is 0. The Labute approximate surface area is 106 Å². The van der Waals surface area contributed by atoms with Crippen molar-refractivity contribution >= 4 is 5.78 Å². The van der Waals surface area contributed by atoms with Gasteiger partial charge in [0.1, 0.15) is 5.78 Å². The summed E-state index contributed by atoms with van der Waals surface area (Å²) in [5.41, 5.74) is 0. The summed E-state index contributed by atoms with van der Waals surface area (Å²) in [4.78, 5) is 16.5. The standard InChI is InChI=1S/C14H28N2O/c1-4-15(5-2)10-7-11-16(6-3)12-14(17)13-8-9-13/h13H,4-12H2,1-3H3. The molecule has 0 N–H and O–H groups in total. The van der Waals surface area contributed by atoms with Crippen LogP contribution in [0.1, 0.15) is 40.0 Å². The lowest BCUT2D eigenvalue weighted by molar-refractivity contribution is -0.121. The zero-order valence-electron chi connectivity index (χ0n) is 11.7. The van der Waals surface area contributed by atoms with Crippen LogP contribution in [-0.4, -0.2) is 54.9 Å². The van der Waals surface area contributed by atoms with Gasteiger partial charge in [0, 0.05) is 5.92 Å². The summed E-state index contributed by atoms with van der Waals surface area (Å²) in [5.74, 6) is 0.876. The van der Waals surface area contributed by atoms with E-state index in [4.69, 9.17) is 0 Å². The lowest BCUT2D eigenvalue weighted by Gasteiger charge is -2.22. The molecule has 0 aromatic heterocycles. The number of Topliss-reactive ketones (excluding diaryl/α,β-unsaturated/α-hetero) is 1. The predicted octanol–water partition coefficient (Wildman–Crippen LogP) is 2.02. The van der Waals surface area contributed by atoms with Crippen LogP contribution in [0.2, 0.25) is 0 Å². The molecule has 1 rings (SSSR count). The highest BCUT2D eigenvalue weighted by molar-refractivity contribution is 5.84. The summed E-state index contributed by atoms with van der Waals surface area (Å²) in [6, 6.07) is 0. The van der Waals surface area contributed by atoms with Crippen LogP contribution in [0.4, 0.5) is 0 Å². The van der Waals surface area contributed by atoms with Gasteiger partial charge in [-0.1, -0.05) is 20.8 Å². The average molecular weight is 240 g/mol. The maximum atomic E-state index is 11.7. The van der Waals surface area contributed by atoms with E-state index >= 15 is 0 Å². The molecule has 3 heteroatoms. The fourth-order valence-corrected chi connectivity index (χ4v) is 2.16. The van der Waals surface area contributed by atoms with Gasteiger partial charge in [-0.2, -0.15) is 0 Å². The molecule has 0 spiro atoms. The van der Waals surface area contributed by atoms with E-state index in [-0.39, 0.29) is 0 Å². The second-order valence-electron chi connectivity index (χ2n) is 4.99. The zero-order chi connectivity index (χ0) is 12.7. The van der Waals surface area contributed by atoms with Crippen LogP contribution < -0.4 is 0 Å². The van der Waals surface area contributed by atoms with Crippen LogP contribution in [0.5, 0.6) is 0 Å². The minimum absolute atomic E-state index is 0.409. The van der Waals surface area contributed by atoms with Crippen molar-refractivity contribution in [1.29, 1.82) is 0 Å². The van der Waals surface area contributed by atoms with E-state index in [1.807, 2.05) is 0 Å². The number of carbonyl (C=O) groups is 1.